The van der Waals surface area contributed by atoms with Gasteiger partial charge in [0.1, 0.15) is 23.5 Å². The third kappa shape index (κ3) is 3.89. The number of hydrogen-bond acceptors (Lipinski definition) is 8. The van der Waals surface area contributed by atoms with Crippen LogP contribution in [0.3, 0.4) is 0 Å². The monoisotopic (exact) mass is 381 g/mol. The van der Waals surface area contributed by atoms with Crippen LogP contribution in [0.15, 0.2) is 23.3 Å². The number of Topliss-reactive ketones (excluding diaryl/α,β-unsaturated/α-hetero) is 1. The van der Waals surface area contributed by atoms with Crippen LogP contribution in [0.4, 0.5) is 10.5 Å². The molecule has 0 aromatic heterocycles. The first kappa shape index (κ1) is 19.2. The second kappa shape index (κ2) is 7.97. The van der Waals surface area contributed by atoms with E-state index in [1.54, 1.807) is 42.2 Å². The number of nitriles is 2. The molecule has 1 fully saturated rings. The molecule has 1 amide bonds. The van der Waals surface area contributed by atoms with Gasteiger partial charge in [0.05, 0.1) is 24.3 Å². The van der Waals surface area contributed by atoms with Gasteiger partial charge in [-0.1, -0.05) is 0 Å². The van der Waals surface area contributed by atoms with Crippen molar-refractivity contribution in [2.24, 2.45) is 5.10 Å². The molecule has 1 saturated heterocycles. The highest BCUT2D eigenvalue weighted by Crippen LogP contribution is 2.40. The van der Waals surface area contributed by atoms with E-state index in [1.807, 2.05) is 0 Å². The van der Waals surface area contributed by atoms with Gasteiger partial charge in [0, 0.05) is 25.9 Å². The van der Waals surface area contributed by atoms with Crippen LogP contribution < -0.4 is 10.2 Å². The summed E-state index contributed by atoms with van der Waals surface area (Å²) in [5.41, 5.74) is 2.57. The van der Waals surface area contributed by atoms with Crippen LogP contribution in [0.25, 0.3) is 0 Å². The maximum absolute atomic E-state index is 12.7. The van der Waals surface area contributed by atoms with Gasteiger partial charge < -0.3 is 14.4 Å². The summed E-state index contributed by atoms with van der Waals surface area (Å²) in [7, 11) is 0. The van der Waals surface area contributed by atoms with Gasteiger partial charge in [-0.3, -0.25) is 10.2 Å². The zero-order valence-corrected chi connectivity index (χ0v) is 15.4. The first-order valence-electron chi connectivity index (χ1n) is 8.92. The number of carbonyl (C=O) groups excluding carboxylic acids is 2. The van der Waals surface area contributed by atoms with E-state index in [1.165, 1.54) is 0 Å². The Hall–Kier alpha value is -3.59. The molecule has 1 aromatic rings. The van der Waals surface area contributed by atoms with Gasteiger partial charge in [-0.2, -0.15) is 15.6 Å². The molecule has 1 N–H and O–H groups in total. The average molecular weight is 381 g/mol. The number of fused-ring (bicyclic) bond motifs is 1. The summed E-state index contributed by atoms with van der Waals surface area (Å²) < 4.78 is 11.2. The van der Waals surface area contributed by atoms with Crippen LogP contribution in [-0.2, 0) is 4.74 Å². The third-order valence-corrected chi connectivity index (χ3v) is 4.80. The van der Waals surface area contributed by atoms with Gasteiger partial charge in [0.25, 0.3) is 0 Å². The lowest BCUT2D eigenvalue weighted by Gasteiger charge is -2.43. The van der Waals surface area contributed by atoms with Gasteiger partial charge >= 0.3 is 6.09 Å². The summed E-state index contributed by atoms with van der Waals surface area (Å²) in [5, 5.41) is 21.1. The Kier molecular flexibility index (Phi) is 5.46. The minimum atomic E-state index is -0.616. The zero-order chi connectivity index (χ0) is 20.1. The first-order chi connectivity index (χ1) is 13.5. The molecule has 0 atom stereocenters. The van der Waals surface area contributed by atoms with Gasteiger partial charge in [0.15, 0.2) is 5.78 Å². The third-order valence-electron chi connectivity index (χ3n) is 4.80. The normalized spacial score (nSPS) is 16.8. The number of hydrogen-bond donors (Lipinski definition) is 1. The van der Waals surface area contributed by atoms with Crippen LogP contribution in [0.5, 0.6) is 5.75 Å². The number of nitrogens with one attached hydrogen (secondary N) is 1. The summed E-state index contributed by atoms with van der Waals surface area (Å²) in [6.45, 7) is 3.04. The standard InChI is InChI=1S/C19H19N5O4/c1-2-27-18(26)24-7-5-19(6-8-24)10-16(25)15-9-13(3-4-17(15)28-19)22-23-14(11-20)12-21/h3-4,9,22H,2,5-8,10H2,1H3. The molecular formula is C19H19N5O4. The lowest BCUT2D eigenvalue weighted by atomic mass is 9.82. The largest absolute Gasteiger partial charge is 0.486 e. The molecule has 2 aliphatic rings. The van der Waals surface area contributed by atoms with E-state index in [0.29, 0.717) is 49.5 Å². The van der Waals surface area contributed by atoms with E-state index in [0.717, 1.165) is 0 Å². The molecular weight excluding hydrogens is 362 g/mol. The summed E-state index contributed by atoms with van der Waals surface area (Å²) in [6, 6.07) is 8.22. The van der Waals surface area contributed by atoms with Crippen LogP contribution in [0.2, 0.25) is 0 Å². The highest BCUT2D eigenvalue weighted by molar-refractivity contribution is 6.10. The molecule has 144 valence electrons. The van der Waals surface area contributed by atoms with Crippen molar-refractivity contribution >= 4 is 23.3 Å². The molecule has 2 aliphatic heterocycles. The van der Waals surface area contributed by atoms with E-state index in [4.69, 9.17) is 20.0 Å². The quantitative estimate of drug-likeness (QED) is 0.629. The zero-order valence-electron chi connectivity index (χ0n) is 15.4. The van der Waals surface area contributed by atoms with Crippen molar-refractivity contribution < 1.29 is 19.1 Å². The summed E-state index contributed by atoms with van der Waals surface area (Å²) in [5.74, 6) is 0.426. The number of hydrazone groups is 1. The van der Waals surface area contributed by atoms with Crippen molar-refractivity contribution in [3.8, 4) is 17.9 Å². The molecule has 0 bridgehead atoms. The number of benzene rings is 1. The first-order valence-corrected chi connectivity index (χ1v) is 8.92. The van der Waals surface area contributed by atoms with Gasteiger partial charge in [-0.25, -0.2) is 4.79 Å². The van der Waals surface area contributed by atoms with Gasteiger partial charge in [-0.05, 0) is 25.1 Å². The number of piperidine rings is 1. The molecule has 0 aliphatic carbocycles. The van der Waals surface area contributed by atoms with Crippen LogP contribution >= 0.6 is 0 Å². The second-order valence-corrected chi connectivity index (χ2v) is 6.58. The molecule has 9 nitrogen and oxygen atoms in total. The Morgan fingerprint density at radius 1 is 1.36 bits per heavy atom. The minimum absolute atomic E-state index is 0.0562. The fourth-order valence-corrected chi connectivity index (χ4v) is 3.35. The molecule has 0 saturated carbocycles. The molecule has 1 spiro atoms. The summed E-state index contributed by atoms with van der Waals surface area (Å²) in [6.07, 6.45) is 0.986. The number of nitrogens with zero attached hydrogens (tertiary/aromatic N) is 4. The van der Waals surface area contributed by atoms with Crippen LogP contribution in [0.1, 0.15) is 36.5 Å². The fraction of sp³-hybridized carbons (Fsp3) is 0.421. The van der Waals surface area contributed by atoms with Crippen molar-refractivity contribution in [1.29, 1.82) is 10.5 Å². The second-order valence-electron chi connectivity index (χ2n) is 6.58. The predicted octanol–water partition coefficient (Wildman–Crippen LogP) is 2.46. The number of rotatable bonds is 3. The van der Waals surface area contributed by atoms with Gasteiger partial charge in [-0.15, -0.1) is 0 Å². The average Bonchev–Trinajstić information content (AvgIpc) is 2.70. The molecule has 0 radical (unpaired) electrons. The maximum Gasteiger partial charge on any atom is 0.409 e. The topological polar surface area (TPSA) is 128 Å². The number of carbonyl (C=O) groups is 2. The van der Waals surface area contributed by atoms with Crippen molar-refractivity contribution in [2.75, 3.05) is 25.1 Å². The number of ketones is 1. The van der Waals surface area contributed by atoms with Crippen LogP contribution in [0, 0.1) is 22.7 Å². The summed E-state index contributed by atoms with van der Waals surface area (Å²) in [4.78, 5) is 26.2. The predicted molar refractivity (Wildman–Crippen MR) is 98.9 cm³/mol. The molecule has 9 heteroatoms. The fourth-order valence-electron chi connectivity index (χ4n) is 3.35. The van der Waals surface area contributed by atoms with Gasteiger partial charge in [0.2, 0.25) is 5.71 Å². The molecule has 2 heterocycles. The highest BCUT2D eigenvalue weighted by Gasteiger charge is 2.44. The van der Waals surface area contributed by atoms with Crippen molar-refractivity contribution in [1.82, 2.24) is 4.90 Å². The Bertz CT molecular complexity index is 888. The molecule has 1 aromatic carbocycles. The van der Waals surface area contributed by atoms with E-state index in [-0.39, 0.29) is 24.0 Å². The SMILES string of the molecule is CCOC(=O)N1CCC2(CC1)CC(=O)c1cc(NN=C(C#N)C#N)ccc1O2. The van der Waals surface area contributed by atoms with Crippen molar-refractivity contribution in [2.45, 2.75) is 31.8 Å². The van der Waals surface area contributed by atoms with E-state index >= 15 is 0 Å². The Balaban J connectivity index is 1.72. The Labute approximate surface area is 162 Å². The number of ether oxygens (including phenoxy) is 2. The Morgan fingerprint density at radius 3 is 2.71 bits per heavy atom. The maximum atomic E-state index is 12.7. The van der Waals surface area contributed by atoms with E-state index < -0.39 is 5.60 Å². The number of amides is 1. The highest BCUT2D eigenvalue weighted by atomic mass is 16.6. The molecule has 0 unspecified atom stereocenters. The van der Waals surface area contributed by atoms with Crippen molar-refractivity contribution in [3.63, 3.8) is 0 Å². The lowest BCUT2D eigenvalue weighted by Crippen LogP contribution is -2.52. The summed E-state index contributed by atoms with van der Waals surface area (Å²) >= 11 is 0. The number of anilines is 1. The van der Waals surface area contributed by atoms with E-state index in [9.17, 15) is 9.59 Å². The minimum Gasteiger partial charge on any atom is -0.486 e. The van der Waals surface area contributed by atoms with E-state index in [2.05, 4.69) is 10.5 Å². The van der Waals surface area contributed by atoms with Crippen LogP contribution in [-0.4, -0.2) is 47.8 Å². The Morgan fingerprint density at radius 2 is 2.07 bits per heavy atom. The lowest BCUT2D eigenvalue weighted by molar-refractivity contribution is -0.00857. The van der Waals surface area contributed by atoms with Crippen molar-refractivity contribution in [3.05, 3.63) is 23.8 Å². The number of likely N-dealkylation sites (tertiary alicyclic amines) is 1. The smallest absolute Gasteiger partial charge is 0.409 e. The molecule has 3 rings (SSSR count). The molecule has 28 heavy (non-hydrogen) atoms.